The third kappa shape index (κ3) is 24.9. The quantitative estimate of drug-likeness (QED) is 0.397. The van der Waals surface area contributed by atoms with Crippen LogP contribution >= 0.6 is 0 Å². The minimum atomic E-state index is -0.560. The van der Waals surface area contributed by atoms with E-state index >= 15 is 0 Å². The first-order chi connectivity index (χ1) is 4.54. The highest BCUT2D eigenvalue weighted by Gasteiger charge is 1.83. The molecule has 4 nitrogen and oxygen atoms in total. The zero-order valence-corrected chi connectivity index (χ0v) is 6.36. The Bertz CT molecular complexity index is 45.7. The van der Waals surface area contributed by atoms with Crippen LogP contribution in [0.4, 0.5) is 0 Å². The summed E-state index contributed by atoms with van der Waals surface area (Å²) in [5.74, 6) is 0. The van der Waals surface area contributed by atoms with Crippen LogP contribution < -0.4 is 0 Å². The van der Waals surface area contributed by atoms with Crippen LogP contribution in [0.3, 0.4) is 0 Å². The molecule has 0 fully saturated rings. The van der Waals surface area contributed by atoms with Crippen molar-refractivity contribution < 1.29 is 20.4 Å². The van der Waals surface area contributed by atoms with Crippen molar-refractivity contribution in [2.75, 3.05) is 13.2 Å². The Morgan fingerprint density at radius 3 is 1.00 bits per heavy atom. The molecule has 10 heavy (non-hydrogen) atoms. The third-order valence-electron chi connectivity index (χ3n) is 0.528. The fourth-order valence-electron chi connectivity index (χ4n) is 0. The lowest BCUT2D eigenvalue weighted by Crippen LogP contribution is -2.03. The molecule has 0 aromatic rings. The van der Waals surface area contributed by atoms with E-state index in [2.05, 4.69) is 0 Å². The predicted molar refractivity (Wildman–Crippen MR) is 37.5 cm³/mol. The van der Waals surface area contributed by atoms with Gasteiger partial charge in [-0.1, -0.05) is 0 Å². The van der Waals surface area contributed by atoms with Crippen LogP contribution in [-0.2, 0) is 0 Å². The number of hydrogen-bond donors (Lipinski definition) is 4. The first kappa shape index (κ1) is 12.5. The monoisotopic (exact) mass is 152 g/mol. The molecule has 0 aliphatic heterocycles. The molecule has 1 unspecified atom stereocenters. The van der Waals surface area contributed by atoms with Crippen molar-refractivity contribution >= 4 is 0 Å². The van der Waals surface area contributed by atoms with E-state index in [0.29, 0.717) is 0 Å². The van der Waals surface area contributed by atoms with Gasteiger partial charge in [0.25, 0.3) is 0 Å². The van der Waals surface area contributed by atoms with Crippen molar-refractivity contribution in [2.24, 2.45) is 0 Å². The molecule has 4 heteroatoms. The highest BCUT2D eigenvalue weighted by molar-refractivity contribution is 4.34. The van der Waals surface area contributed by atoms with Crippen molar-refractivity contribution in [1.82, 2.24) is 0 Å². The summed E-state index contributed by atoms with van der Waals surface area (Å²) in [6, 6.07) is 0. The molecule has 0 aromatic heterocycles. The molecular formula is C6H16O4. The van der Waals surface area contributed by atoms with Gasteiger partial charge in [0, 0.05) is 0 Å². The lowest BCUT2D eigenvalue weighted by Gasteiger charge is -1.90. The first-order valence-electron chi connectivity index (χ1n) is 3.12. The average Bonchev–Trinajstić information content (AvgIpc) is 1.89. The van der Waals surface area contributed by atoms with Crippen molar-refractivity contribution in [1.29, 1.82) is 0 Å². The SMILES string of the molecule is CC(O)CO.C[C@@H](O)CO. The normalized spacial score (nSPS) is 15.0. The maximum absolute atomic E-state index is 8.11. The molecule has 4 N–H and O–H groups in total. The highest BCUT2D eigenvalue weighted by atomic mass is 16.3. The molecule has 0 aromatic carbocycles. The average molecular weight is 152 g/mol. The zero-order chi connectivity index (χ0) is 8.57. The van der Waals surface area contributed by atoms with Crippen LogP contribution in [0.2, 0.25) is 0 Å². The van der Waals surface area contributed by atoms with E-state index in [-0.39, 0.29) is 13.2 Å². The van der Waals surface area contributed by atoms with Gasteiger partial charge in [-0.25, -0.2) is 0 Å². The second kappa shape index (κ2) is 8.84. The van der Waals surface area contributed by atoms with E-state index in [1.807, 2.05) is 0 Å². The van der Waals surface area contributed by atoms with Gasteiger partial charge in [0.05, 0.1) is 25.4 Å². The Morgan fingerprint density at radius 2 is 1.00 bits per heavy atom. The van der Waals surface area contributed by atoms with Crippen LogP contribution in [0.15, 0.2) is 0 Å². The summed E-state index contributed by atoms with van der Waals surface area (Å²) in [7, 11) is 0. The van der Waals surface area contributed by atoms with Gasteiger partial charge in [-0.05, 0) is 13.8 Å². The second-order valence-electron chi connectivity index (χ2n) is 2.06. The Kier molecular flexibility index (Phi) is 11.1. The minimum Gasteiger partial charge on any atom is -0.394 e. The largest absolute Gasteiger partial charge is 0.394 e. The molecule has 0 heterocycles. The number of rotatable bonds is 2. The van der Waals surface area contributed by atoms with Crippen LogP contribution in [0.1, 0.15) is 13.8 Å². The van der Waals surface area contributed by atoms with E-state index in [1.54, 1.807) is 0 Å². The van der Waals surface area contributed by atoms with Crippen molar-refractivity contribution in [2.45, 2.75) is 26.1 Å². The maximum Gasteiger partial charge on any atom is 0.0742 e. The van der Waals surface area contributed by atoms with Crippen LogP contribution in [-0.4, -0.2) is 45.8 Å². The van der Waals surface area contributed by atoms with Crippen molar-refractivity contribution in [3.05, 3.63) is 0 Å². The third-order valence-corrected chi connectivity index (χ3v) is 0.528. The van der Waals surface area contributed by atoms with Gasteiger partial charge in [0.2, 0.25) is 0 Å². The fraction of sp³-hybridized carbons (Fsp3) is 1.00. The van der Waals surface area contributed by atoms with E-state index in [0.717, 1.165) is 0 Å². The number of aliphatic hydroxyl groups excluding tert-OH is 4. The zero-order valence-electron chi connectivity index (χ0n) is 6.36. The van der Waals surface area contributed by atoms with E-state index in [4.69, 9.17) is 20.4 Å². The van der Waals surface area contributed by atoms with Gasteiger partial charge < -0.3 is 20.4 Å². The summed E-state index contributed by atoms with van der Waals surface area (Å²) >= 11 is 0. The predicted octanol–water partition coefficient (Wildman–Crippen LogP) is -1.28. The Morgan fingerprint density at radius 1 is 0.900 bits per heavy atom. The Hall–Kier alpha value is -0.160. The number of aliphatic hydroxyl groups is 4. The topological polar surface area (TPSA) is 80.9 Å². The van der Waals surface area contributed by atoms with Gasteiger partial charge in [-0.15, -0.1) is 0 Å². The summed E-state index contributed by atoms with van der Waals surface area (Å²) in [5.41, 5.74) is 0. The van der Waals surface area contributed by atoms with Crippen LogP contribution in [0.5, 0.6) is 0 Å². The van der Waals surface area contributed by atoms with Gasteiger partial charge in [0.1, 0.15) is 0 Å². The van der Waals surface area contributed by atoms with Gasteiger partial charge >= 0.3 is 0 Å². The van der Waals surface area contributed by atoms with E-state index in [1.165, 1.54) is 13.8 Å². The molecule has 0 bridgehead atoms. The highest BCUT2D eigenvalue weighted by Crippen LogP contribution is 1.69. The van der Waals surface area contributed by atoms with E-state index in [9.17, 15) is 0 Å². The summed E-state index contributed by atoms with van der Waals surface area (Å²) in [6.45, 7) is 2.78. The van der Waals surface area contributed by atoms with E-state index < -0.39 is 12.2 Å². The molecule has 0 rings (SSSR count). The molecule has 0 saturated carbocycles. The van der Waals surface area contributed by atoms with Crippen LogP contribution in [0.25, 0.3) is 0 Å². The molecule has 0 aliphatic carbocycles. The fourth-order valence-corrected chi connectivity index (χ4v) is 0. The molecule has 0 amide bonds. The molecule has 0 saturated heterocycles. The summed E-state index contributed by atoms with van der Waals surface area (Å²) < 4.78 is 0. The summed E-state index contributed by atoms with van der Waals surface area (Å²) in [6.07, 6.45) is -1.12. The van der Waals surface area contributed by atoms with Crippen molar-refractivity contribution in [3.63, 3.8) is 0 Å². The lowest BCUT2D eigenvalue weighted by molar-refractivity contribution is 0.110. The molecular weight excluding hydrogens is 136 g/mol. The molecule has 2 atom stereocenters. The minimum absolute atomic E-state index is 0.139. The van der Waals surface area contributed by atoms with Crippen LogP contribution in [0, 0.1) is 0 Å². The molecule has 0 spiro atoms. The van der Waals surface area contributed by atoms with Gasteiger partial charge in [0.15, 0.2) is 0 Å². The second-order valence-corrected chi connectivity index (χ2v) is 2.06. The maximum atomic E-state index is 8.11. The Labute approximate surface area is 60.7 Å². The molecule has 0 radical (unpaired) electrons. The van der Waals surface area contributed by atoms with Gasteiger partial charge in [-0.3, -0.25) is 0 Å². The molecule has 64 valence electrons. The van der Waals surface area contributed by atoms with Gasteiger partial charge in [-0.2, -0.15) is 0 Å². The first-order valence-corrected chi connectivity index (χ1v) is 3.12. The summed E-state index contributed by atoms with van der Waals surface area (Å²) in [5, 5.41) is 32.0. The smallest absolute Gasteiger partial charge is 0.0742 e. The Balaban J connectivity index is 0. The lowest BCUT2D eigenvalue weighted by atomic mass is 10.5. The standard InChI is InChI=1S/2C3H8O2/c2*1-3(5)2-4/h2*3-5H,2H2,1H3/t3-;/m1./s1. The number of hydrogen-bond acceptors (Lipinski definition) is 4. The molecule has 0 aliphatic rings. The van der Waals surface area contributed by atoms with Crippen molar-refractivity contribution in [3.8, 4) is 0 Å². The summed E-state index contributed by atoms with van der Waals surface area (Å²) in [4.78, 5) is 0.